The lowest BCUT2D eigenvalue weighted by molar-refractivity contribution is -0.223. The van der Waals surface area contributed by atoms with Crippen molar-refractivity contribution in [2.75, 3.05) is 6.61 Å². The third-order valence-electron chi connectivity index (χ3n) is 3.19. The Morgan fingerprint density at radius 2 is 1.50 bits per heavy atom. The molecule has 0 fully saturated rings. The van der Waals surface area contributed by atoms with Gasteiger partial charge in [-0.2, -0.15) is 17.6 Å². The molecule has 0 saturated heterocycles. The molecular formula is C18H16F4OS. The van der Waals surface area contributed by atoms with Crippen LogP contribution in [0.2, 0.25) is 0 Å². The molecule has 0 amide bonds. The number of alkyl halides is 4. The summed E-state index contributed by atoms with van der Waals surface area (Å²) in [6.07, 6.45) is -0.836. The summed E-state index contributed by atoms with van der Waals surface area (Å²) in [6.45, 7) is 3.11. The van der Waals surface area contributed by atoms with E-state index in [-0.39, 0.29) is 28.8 Å². The summed E-state index contributed by atoms with van der Waals surface area (Å²) in [5.41, 5.74) is -0.0160. The van der Waals surface area contributed by atoms with E-state index >= 15 is 0 Å². The molecule has 2 aromatic carbocycles. The Morgan fingerprint density at radius 3 is 2.04 bits per heavy atom. The number of benzene rings is 2. The molecule has 24 heavy (non-hydrogen) atoms. The van der Waals surface area contributed by atoms with Gasteiger partial charge in [-0.1, -0.05) is 54.6 Å². The van der Waals surface area contributed by atoms with Gasteiger partial charge in [0.1, 0.15) is 0 Å². The van der Waals surface area contributed by atoms with E-state index in [4.69, 9.17) is 4.74 Å². The molecule has 1 nitrogen and oxygen atoms in total. The fraction of sp³-hybridized carbons (Fsp3) is 0.222. The maximum Gasteiger partial charge on any atom is 0.363 e. The zero-order valence-corrected chi connectivity index (χ0v) is 13.5. The van der Waals surface area contributed by atoms with Gasteiger partial charge in [-0.25, -0.2) is 0 Å². The van der Waals surface area contributed by atoms with Crippen molar-refractivity contribution in [1.29, 1.82) is 0 Å². The van der Waals surface area contributed by atoms with Gasteiger partial charge in [0.15, 0.2) is 6.10 Å². The summed E-state index contributed by atoms with van der Waals surface area (Å²) in [5.74, 6) is -4.42. The maximum absolute atomic E-state index is 14.6. The fourth-order valence-electron chi connectivity index (χ4n) is 2.06. The van der Waals surface area contributed by atoms with E-state index in [2.05, 4.69) is 6.58 Å². The second-order valence-corrected chi connectivity index (χ2v) is 6.16. The van der Waals surface area contributed by atoms with Gasteiger partial charge in [-0.3, -0.25) is 0 Å². The SMILES string of the molecule is C=CCOC(c1ccccc1)C(F)(F)C(F)(F)Sc1ccccc1. The van der Waals surface area contributed by atoms with Crippen LogP contribution in [0, 0.1) is 0 Å². The number of halogens is 4. The Morgan fingerprint density at radius 1 is 0.958 bits per heavy atom. The Kier molecular flexibility index (Phi) is 6.07. The number of ether oxygens (including phenoxy) is 1. The molecule has 1 unspecified atom stereocenters. The lowest BCUT2D eigenvalue weighted by atomic mass is 10.0. The Bertz CT molecular complexity index is 647. The van der Waals surface area contributed by atoms with Gasteiger partial charge in [-0.05, 0) is 29.5 Å². The lowest BCUT2D eigenvalue weighted by Crippen LogP contribution is -2.44. The minimum absolute atomic E-state index is 0.0160. The highest BCUT2D eigenvalue weighted by molar-refractivity contribution is 8.00. The molecule has 0 spiro atoms. The van der Waals surface area contributed by atoms with Crippen LogP contribution in [-0.2, 0) is 4.74 Å². The normalized spacial score (nSPS) is 13.5. The van der Waals surface area contributed by atoms with Gasteiger partial charge in [-0.15, -0.1) is 6.58 Å². The van der Waals surface area contributed by atoms with E-state index in [0.717, 1.165) is 0 Å². The summed E-state index contributed by atoms with van der Waals surface area (Å²) in [4.78, 5) is 0.0534. The standard InChI is InChI=1S/C18H16F4OS/c1-2-13-23-16(14-9-5-3-6-10-14)17(19,20)18(21,22)24-15-11-7-4-8-12-15/h2-12,16H,1,13H2. The highest BCUT2D eigenvalue weighted by atomic mass is 32.2. The molecule has 0 saturated carbocycles. The van der Waals surface area contributed by atoms with Crippen molar-refractivity contribution in [2.45, 2.75) is 22.2 Å². The topological polar surface area (TPSA) is 9.23 Å². The molecule has 0 N–H and O–H groups in total. The highest BCUT2D eigenvalue weighted by Gasteiger charge is 2.62. The molecule has 0 aliphatic rings. The van der Waals surface area contributed by atoms with Crippen molar-refractivity contribution >= 4 is 11.8 Å². The zero-order valence-electron chi connectivity index (χ0n) is 12.7. The molecule has 0 aliphatic carbocycles. The summed E-state index contributed by atoms with van der Waals surface area (Å²) < 4.78 is 63.0. The molecule has 0 radical (unpaired) electrons. The maximum atomic E-state index is 14.6. The minimum Gasteiger partial charge on any atom is -0.363 e. The van der Waals surface area contributed by atoms with E-state index in [1.807, 2.05) is 0 Å². The first-order chi connectivity index (χ1) is 11.4. The van der Waals surface area contributed by atoms with Gasteiger partial charge in [0.25, 0.3) is 0 Å². The number of thioether (sulfide) groups is 1. The van der Waals surface area contributed by atoms with Crippen LogP contribution in [0.3, 0.4) is 0 Å². The highest BCUT2D eigenvalue weighted by Crippen LogP contribution is 2.53. The number of hydrogen-bond acceptors (Lipinski definition) is 2. The Balaban J connectivity index is 2.32. The summed E-state index contributed by atoms with van der Waals surface area (Å²) in [5, 5.41) is -4.35. The van der Waals surface area contributed by atoms with Crippen LogP contribution in [-0.4, -0.2) is 17.8 Å². The quantitative estimate of drug-likeness (QED) is 0.328. The second-order valence-electron chi connectivity index (χ2n) is 4.97. The third kappa shape index (κ3) is 4.19. The molecule has 0 aromatic heterocycles. The number of hydrogen-bond donors (Lipinski definition) is 0. The van der Waals surface area contributed by atoms with Crippen molar-refractivity contribution in [3.05, 3.63) is 78.9 Å². The van der Waals surface area contributed by atoms with Gasteiger partial charge < -0.3 is 4.74 Å². The predicted octanol–water partition coefficient (Wildman–Crippen LogP) is 5.95. The summed E-state index contributed by atoms with van der Waals surface area (Å²) in [6, 6.07) is 14.7. The van der Waals surface area contributed by atoms with Crippen LogP contribution >= 0.6 is 11.8 Å². The van der Waals surface area contributed by atoms with Gasteiger partial charge in [0.05, 0.1) is 6.61 Å². The first-order valence-electron chi connectivity index (χ1n) is 7.15. The fourth-order valence-corrected chi connectivity index (χ4v) is 2.89. The van der Waals surface area contributed by atoms with Gasteiger partial charge in [0, 0.05) is 4.90 Å². The summed E-state index contributed by atoms with van der Waals surface area (Å²) >= 11 is -0.180. The zero-order chi connectivity index (χ0) is 17.6. The van der Waals surface area contributed by atoms with Crippen molar-refractivity contribution < 1.29 is 22.3 Å². The molecule has 2 rings (SSSR count). The monoisotopic (exact) mass is 356 g/mol. The van der Waals surface area contributed by atoms with Crippen LogP contribution in [0.4, 0.5) is 17.6 Å². The molecule has 128 valence electrons. The van der Waals surface area contributed by atoms with Gasteiger partial charge in [0.2, 0.25) is 0 Å². The average Bonchev–Trinajstić information content (AvgIpc) is 2.56. The van der Waals surface area contributed by atoms with Crippen LogP contribution in [0.5, 0.6) is 0 Å². The van der Waals surface area contributed by atoms with E-state index in [1.165, 1.54) is 54.6 Å². The molecule has 0 bridgehead atoms. The molecule has 0 heterocycles. The Hall–Kier alpha value is -1.79. The minimum atomic E-state index is -4.42. The molecule has 1 atom stereocenters. The first-order valence-corrected chi connectivity index (χ1v) is 7.97. The average molecular weight is 356 g/mol. The molecular weight excluding hydrogens is 340 g/mol. The van der Waals surface area contributed by atoms with Crippen molar-refractivity contribution in [3.8, 4) is 0 Å². The van der Waals surface area contributed by atoms with E-state index in [9.17, 15) is 17.6 Å². The lowest BCUT2D eigenvalue weighted by Gasteiger charge is -2.32. The van der Waals surface area contributed by atoms with Crippen LogP contribution < -0.4 is 0 Å². The molecule has 0 aliphatic heterocycles. The molecule has 2 aromatic rings. The predicted molar refractivity (Wildman–Crippen MR) is 87.5 cm³/mol. The van der Waals surface area contributed by atoms with Crippen LogP contribution in [0.1, 0.15) is 11.7 Å². The van der Waals surface area contributed by atoms with E-state index in [1.54, 1.807) is 12.1 Å². The summed E-state index contributed by atoms with van der Waals surface area (Å²) in [7, 11) is 0. The van der Waals surface area contributed by atoms with Crippen molar-refractivity contribution in [1.82, 2.24) is 0 Å². The van der Waals surface area contributed by atoms with Crippen molar-refractivity contribution in [3.63, 3.8) is 0 Å². The third-order valence-corrected chi connectivity index (χ3v) is 4.23. The number of rotatable bonds is 8. The Labute approximate surface area is 142 Å². The van der Waals surface area contributed by atoms with Crippen LogP contribution in [0.15, 0.2) is 78.2 Å². The van der Waals surface area contributed by atoms with E-state index < -0.39 is 17.3 Å². The molecule has 6 heteroatoms. The first kappa shape index (κ1) is 18.5. The van der Waals surface area contributed by atoms with Crippen molar-refractivity contribution in [2.24, 2.45) is 0 Å². The smallest absolute Gasteiger partial charge is 0.363 e. The van der Waals surface area contributed by atoms with E-state index in [0.29, 0.717) is 0 Å². The van der Waals surface area contributed by atoms with Crippen LogP contribution in [0.25, 0.3) is 0 Å². The largest absolute Gasteiger partial charge is 0.363 e. The second kappa shape index (κ2) is 7.85. The van der Waals surface area contributed by atoms with Gasteiger partial charge >= 0.3 is 11.2 Å².